The Morgan fingerprint density at radius 3 is 3.00 bits per heavy atom. The van der Waals surface area contributed by atoms with Gasteiger partial charge < -0.3 is 10.6 Å². The van der Waals surface area contributed by atoms with Gasteiger partial charge in [-0.2, -0.15) is 0 Å². The van der Waals surface area contributed by atoms with Gasteiger partial charge >= 0.3 is 0 Å². The van der Waals surface area contributed by atoms with E-state index >= 15 is 0 Å². The SMILES string of the molecule is CCCC(=O)NCc1ccc2c(c1)NC(=O)C(C)S2. The van der Waals surface area contributed by atoms with Gasteiger partial charge in [-0.25, -0.2) is 0 Å². The van der Waals surface area contributed by atoms with Crippen LogP contribution in [0.5, 0.6) is 0 Å². The molecule has 0 saturated carbocycles. The summed E-state index contributed by atoms with van der Waals surface area (Å²) in [5, 5.41) is 5.71. The zero-order valence-electron chi connectivity index (χ0n) is 11.2. The van der Waals surface area contributed by atoms with Gasteiger partial charge in [0, 0.05) is 17.9 Å². The molecule has 1 aliphatic rings. The fourth-order valence-electron chi connectivity index (χ4n) is 1.88. The standard InChI is InChI=1S/C14H18N2O2S/c1-3-4-13(17)15-8-10-5-6-12-11(7-10)16-14(18)9(2)19-12/h5-7,9H,3-4,8H2,1-2H3,(H,15,17)(H,16,18). The Labute approximate surface area is 117 Å². The van der Waals surface area contributed by atoms with Crippen LogP contribution in [-0.2, 0) is 16.1 Å². The molecule has 1 aliphatic heterocycles. The summed E-state index contributed by atoms with van der Waals surface area (Å²) in [4.78, 5) is 24.1. The molecule has 0 radical (unpaired) electrons. The van der Waals surface area contributed by atoms with Crippen LogP contribution in [0.15, 0.2) is 23.1 Å². The number of thioether (sulfide) groups is 1. The molecule has 5 heteroatoms. The van der Waals surface area contributed by atoms with E-state index < -0.39 is 0 Å². The van der Waals surface area contributed by atoms with Crippen LogP contribution in [0.1, 0.15) is 32.3 Å². The summed E-state index contributed by atoms with van der Waals surface area (Å²) in [5.41, 5.74) is 1.84. The third kappa shape index (κ3) is 3.50. The summed E-state index contributed by atoms with van der Waals surface area (Å²) in [6.07, 6.45) is 1.40. The number of hydrogen-bond acceptors (Lipinski definition) is 3. The third-order valence-corrected chi connectivity index (χ3v) is 4.12. The predicted molar refractivity (Wildman–Crippen MR) is 77.1 cm³/mol. The highest BCUT2D eigenvalue weighted by Crippen LogP contribution is 2.35. The number of anilines is 1. The first-order valence-electron chi connectivity index (χ1n) is 6.47. The molecule has 1 unspecified atom stereocenters. The largest absolute Gasteiger partial charge is 0.352 e. The molecule has 0 spiro atoms. The molecule has 1 heterocycles. The van der Waals surface area contributed by atoms with Gasteiger partial charge in [0.25, 0.3) is 0 Å². The fourth-order valence-corrected chi connectivity index (χ4v) is 2.81. The first kappa shape index (κ1) is 13.9. The fraction of sp³-hybridized carbons (Fsp3) is 0.429. The molecular weight excluding hydrogens is 260 g/mol. The van der Waals surface area contributed by atoms with Gasteiger partial charge in [-0.3, -0.25) is 9.59 Å². The van der Waals surface area contributed by atoms with Gasteiger partial charge in [0.15, 0.2) is 0 Å². The molecule has 0 bridgehead atoms. The molecule has 19 heavy (non-hydrogen) atoms. The monoisotopic (exact) mass is 278 g/mol. The number of carbonyl (C=O) groups is 2. The highest BCUT2D eigenvalue weighted by atomic mass is 32.2. The molecule has 1 aromatic carbocycles. The summed E-state index contributed by atoms with van der Waals surface area (Å²) in [7, 11) is 0. The maximum atomic E-state index is 11.6. The Hall–Kier alpha value is -1.49. The normalized spacial score (nSPS) is 17.6. The van der Waals surface area contributed by atoms with Crippen molar-refractivity contribution in [3.63, 3.8) is 0 Å². The van der Waals surface area contributed by atoms with Crippen molar-refractivity contribution in [2.75, 3.05) is 5.32 Å². The second-order valence-corrected chi connectivity index (χ2v) is 5.99. The van der Waals surface area contributed by atoms with E-state index in [1.54, 1.807) is 11.8 Å². The number of benzene rings is 1. The molecule has 102 valence electrons. The average Bonchev–Trinajstić information content (AvgIpc) is 2.38. The molecule has 1 aromatic rings. The average molecular weight is 278 g/mol. The maximum absolute atomic E-state index is 11.6. The van der Waals surface area contributed by atoms with Crippen LogP contribution in [0.3, 0.4) is 0 Å². The van der Waals surface area contributed by atoms with E-state index in [2.05, 4.69) is 10.6 Å². The van der Waals surface area contributed by atoms with Gasteiger partial charge in [0.2, 0.25) is 11.8 Å². The Balaban J connectivity index is 2.03. The molecule has 0 saturated heterocycles. The minimum absolute atomic E-state index is 0.0321. The van der Waals surface area contributed by atoms with E-state index in [0.29, 0.717) is 13.0 Å². The van der Waals surface area contributed by atoms with E-state index in [-0.39, 0.29) is 17.1 Å². The van der Waals surface area contributed by atoms with Crippen molar-refractivity contribution in [3.8, 4) is 0 Å². The van der Waals surface area contributed by atoms with Crippen molar-refractivity contribution in [1.82, 2.24) is 5.32 Å². The smallest absolute Gasteiger partial charge is 0.237 e. The second kappa shape index (κ2) is 6.10. The van der Waals surface area contributed by atoms with Gasteiger partial charge in [-0.05, 0) is 31.0 Å². The van der Waals surface area contributed by atoms with Crippen LogP contribution in [0.25, 0.3) is 0 Å². The summed E-state index contributed by atoms with van der Waals surface area (Å²) >= 11 is 1.56. The molecular formula is C14H18N2O2S. The van der Waals surface area contributed by atoms with Crippen molar-refractivity contribution < 1.29 is 9.59 Å². The highest BCUT2D eigenvalue weighted by Gasteiger charge is 2.22. The van der Waals surface area contributed by atoms with E-state index in [1.807, 2.05) is 32.0 Å². The minimum atomic E-state index is -0.0531. The minimum Gasteiger partial charge on any atom is -0.352 e. The van der Waals surface area contributed by atoms with Crippen molar-refractivity contribution in [2.45, 2.75) is 43.4 Å². The summed E-state index contributed by atoms with van der Waals surface area (Å²) in [5.74, 6) is 0.0944. The summed E-state index contributed by atoms with van der Waals surface area (Å²) in [6.45, 7) is 4.37. The lowest BCUT2D eigenvalue weighted by atomic mass is 10.2. The number of amides is 2. The number of fused-ring (bicyclic) bond motifs is 1. The zero-order chi connectivity index (χ0) is 13.8. The molecule has 0 aromatic heterocycles. The van der Waals surface area contributed by atoms with Gasteiger partial charge in [-0.15, -0.1) is 11.8 Å². The van der Waals surface area contributed by atoms with Crippen molar-refractivity contribution in [2.24, 2.45) is 0 Å². The molecule has 0 aliphatic carbocycles. The highest BCUT2D eigenvalue weighted by molar-refractivity contribution is 8.00. The molecule has 0 fully saturated rings. The molecule has 2 amide bonds. The molecule has 1 atom stereocenters. The number of nitrogens with one attached hydrogen (secondary N) is 2. The lowest BCUT2D eigenvalue weighted by Gasteiger charge is -2.21. The van der Waals surface area contributed by atoms with E-state index in [9.17, 15) is 9.59 Å². The quantitative estimate of drug-likeness (QED) is 0.890. The van der Waals surface area contributed by atoms with Crippen LogP contribution in [-0.4, -0.2) is 17.1 Å². The lowest BCUT2D eigenvalue weighted by molar-refractivity contribution is -0.121. The molecule has 2 rings (SSSR count). The molecule has 4 nitrogen and oxygen atoms in total. The van der Waals surface area contributed by atoms with Crippen LogP contribution in [0, 0.1) is 0 Å². The first-order chi connectivity index (χ1) is 9.10. The van der Waals surface area contributed by atoms with Crippen LogP contribution in [0.2, 0.25) is 0 Å². The van der Waals surface area contributed by atoms with Crippen LogP contribution >= 0.6 is 11.8 Å². The van der Waals surface area contributed by atoms with Crippen molar-refractivity contribution in [1.29, 1.82) is 0 Å². The Bertz CT molecular complexity index is 502. The Morgan fingerprint density at radius 2 is 2.26 bits per heavy atom. The van der Waals surface area contributed by atoms with Crippen molar-refractivity contribution in [3.05, 3.63) is 23.8 Å². The lowest BCUT2D eigenvalue weighted by Crippen LogP contribution is -2.27. The summed E-state index contributed by atoms with van der Waals surface area (Å²) in [6, 6.07) is 5.91. The topological polar surface area (TPSA) is 58.2 Å². The summed E-state index contributed by atoms with van der Waals surface area (Å²) < 4.78 is 0. The van der Waals surface area contributed by atoms with Gasteiger partial charge in [-0.1, -0.05) is 13.0 Å². The molecule has 2 N–H and O–H groups in total. The van der Waals surface area contributed by atoms with Gasteiger partial charge in [0.05, 0.1) is 10.9 Å². The third-order valence-electron chi connectivity index (χ3n) is 2.94. The number of hydrogen-bond donors (Lipinski definition) is 2. The predicted octanol–water partition coefficient (Wildman–Crippen LogP) is 2.54. The Morgan fingerprint density at radius 1 is 1.47 bits per heavy atom. The van der Waals surface area contributed by atoms with E-state index in [0.717, 1.165) is 22.6 Å². The Kier molecular flexibility index (Phi) is 4.47. The van der Waals surface area contributed by atoms with Gasteiger partial charge in [0.1, 0.15) is 0 Å². The number of rotatable bonds is 4. The van der Waals surface area contributed by atoms with Crippen LogP contribution in [0.4, 0.5) is 5.69 Å². The maximum Gasteiger partial charge on any atom is 0.237 e. The zero-order valence-corrected chi connectivity index (χ0v) is 12.0. The second-order valence-electron chi connectivity index (χ2n) is 4.61. The first-order valence-corrected chi connectivity index (χ1v) is 7.35. The van der Waals surface area contributed by atoms with E-state index in [4.69, 9.17) is 0 Å². The van der Waals surface area contributed by atoms with Crippen molar-refractivity contribution >= 4 is 29.3 Å². The van der Waals surface area contributed by atoms with Crippen LogP contribution < -0.4 is 10.6 Å². The van der Waals surface area contributed by atoms with E-state index in [1.165, 1.54) is 0 Å². The number of carbonyl (C=O) groups excluding carboxylic acids is 2.